The van der Waals surface area contributed by atoms with Gasteiger partial charge < -0.3 is 5.32 Å². The normalized spacial score (nSPS) is 11.4. The number of aromatic amines is 1. The summed E-state index contributed by atoms with van der Waals surface area (Å²) in [6.45, 7) is 3.75. The number of hydrogen-bond acceptors (Lipinski definition) is 6. The van der Waals surface area contributed by atoms with E-state index in [0.29, 0.717) is 21.6 Å². The molecule has 0 atom stereocenters. The molecule has 33 heavy (non-hydrogen) atoms. The van der Waals surface area contributed by atoms with Crippen LogP contribution in [0.25, 0.3) is 16.9 Å². The van der Waals surface area contributed by atoms with Gasteiger partial charge in [-0.1, -0.05) is 11.3 Å². The van der Waals surface area contributed by atoms with Gasteiger partial charge in [0.1, 0.15) is 10.8 Å². The molecule has 0 radical (unpaired) electrons. The van der Waals surface area contributed by atoms with Gasteiger partial charge >= 0.3 is 12.0 Å². The van der Waals surface area contributed by atoms with Gasteiger partial charge in [0.2, 0.25) is 0 Å². The Balaban J connectivity index is 1.73. The molecule has 0 saturated carbocycles. The van der Waals surface area contributed by atoms with E-state index in [9.17, 15) is 18.0 Å². The fraction of sp³-hybridized carbons (Fsp3) is 0.190. The topological polar surface area (TPSA) is 113 Å². The first-order valence-corrected chi connectivity index (χ1v) is 9.77. The summed E-state index contributed by atoms with van der Waals surface area (Å²) in [6, 6.07) is 11.3. The number of halogens is 3. The Labute approximate surface area is 185 Å². The maximum Gasteiger partial charge on any atom is 0.488 e. The third kappa shape index (κ3) is 5.00. The number of aromatic nitrogens is 7. The molecule has 9 nitrogen and oxygen atoms in total. The lowest BCUT2D eigenvalue weighted by atomic mass is 10.0. The fourth-order valence-corrected chi connectivity index (χ4v) is 3.02. The zero-order valence-electron chi connectivity index (χ0n) is 17.6. The number of amides is 1. The van der Waals surface area contributed by atoms with Crippen LogP contribution in [0.2, 0.25) is 0 Å². The number of hydrogen-bond donors (Lipinski definition) is 2. The van der Waals surface area contributed by atoms with E-state index in [0.717, 1.165) is 11.3 Å². The Bertz CT molecular complexity index is 1280. The van der Waals surface area contributed by atoms with Gasteiger partial charge in [-0.3, -0.25) is 9.78 Å². The van der Waals surface area contributed by atoms with E-state index in [-0.39, 0.29) is 17.8 Å². The van der Waals surface area contributed by atoms with Gasteiger partial charge in [-0.2, -0.15) is 23.4 Å². The molecule has 168 valence electrons. The summed E-state index contributed by atoms with van der Waals surface area (Å²) in [5.41, 5.74) is 3.27. The van der Waals surface area contributed by atoms with Gasteiger partial charge in [-0.15, -0.1) is 4.68 Å². The number of aryl methyl sites for hydroxylation is 2. The van der Waals surface area contributed by atoms with E-state index >= 15 is 0 Å². The molecule has 0 aliphatic rings. The zero-order chi connectivity index (χ0) is 23.6. The summed E-state index contributed by atoms with van der Waals surface area (Å²) >= 11 is 0. The van der Waals surface area contributed by atoms with Crippen LogP contribution in [-0.2, 0) is 12.7 Å². The number of rotatable bonds is 5. The molecule has 0 fully saturated rings. The van der Waals surface area contributed by atoms with Gasteiger partial charge in [-0.05, 0) is 55.8 Å². The molecule has 4 aromatic rings. The summed E-state index contributed by atoms with van der Waals surface area (Å²) in [6.07, 6.45) is -3.12. The Hall–Kier alpha value is -4.22. The Kier molecular flexibility index (Phi) is 5.82. The molecular weight excluding hydrogens is 437 g/mol. The minimum Gasteiger partial charge on any atom is -0.346 e. The van der Waals surface area contributed by atoms with Crippen LogP contribution in [0, 0.1) is 13.8 Å². The second kappa shape index (κ2) is 8.73. The molecule has 12 heteroatoms. The number of benzene rings is 1. The molecule has 0 aliphatic carbocycles. The number of alkyl halides is 3. The number of carbonyl (C=O) groups is 1. The minimum atomic E-state index is -4.75. The van der Waals surface area contributed by atoms with E-state index in [2.05, 4.69) is 36.0 Å². The molecular formula is C21H18F3N8O+. The van der Waals surface area contributed by atoms with Crippen LogP contribution < -0.4 is 10.00 Å². The van der Waals surface area contributed by atoms with Crippen LogP contribution in [0.4, 0.5) is 13.2 Å². The summed E-state index contributed by atoms with van der Waals surface area (Å²) in [7, 11) is 0. The number of pyridine rings is 1. The maximum atomic E-state index is 13.4. The molecule has 0 unspecified atom stereocenters. The lowest BCUT2D eigenvalue weighted by molar-refractivity contribution is -0.680. The number of tetrazole rings is 1. The van der Waals surface area contributed by atoms with Gasteiger partial charge in [0, 0.05) is 17.3 Å². The number of H-pyrrole nitrogens is 1. The molecule has 0 bridgehead atoms. The van der Waals surface area contributed by atoms with E-state index in [1.54, 1.807) is 37.4 Å². The Morgan fingerprint density at radius 2 is 1.88 bits per heavy atom. The van der Waals surface area contributed by atoms with Gasteiger partial charge in [0.05, 0.1) is 23.6 Å². The van der Waals surface area contributed by atoms with Crippen molar-refractivity contribution in [2.24, 2.45) is 0 Å². The van der Waals surface area contributed by atoms with Crippen molar-refractivity contribution in [3.63, 3.8) is 0 Å². The van der Waals surface area contributed by atoms with Crippen molar-refractivity contribution in [1.29, 1.82) is 0 Å². The van der Waals surface area contributed by atoms with Gasteiger partial charge in [0.25, 0.3) is 5.91 Å². The molecule has 2 N–H and O–H groups in total. The summed E-state index contributed by atoms with van der Waals surface area (Å²) < 4.78 is 40.8. The lowest BCUT2D eigenvalue weighted by Crippen LogP contribution is -2.41. The molecule has 0 spiro atoms. The van der Waals surface area contributed by atoms with E-state index in [1.807, 2.05) is 13.0 Å². The van der Waals surface area contributed by atoms with Crippen LogP contribution in [0.5, 0.6) is 0 Å². The second-order valence-corrected chi connectivity index (χ2v) is 7.29. The van der Waals surface area contributed by atoms with Crippen molar-refractivity contribution in [2.75, 3.05) is 0 Å². The predicted octanol–water partition coefficient (Wildman–Crippen LogP) is 2.50. The Morgan fingerprint density at radius 1 is 1.06 bits per heavy atom. The van der Waals surface area contributed by atoms with Crippen molar-refractivity contribution >= 4 is 5.91 Å². The number of carbonyl (C=O) groups excluding carboxylic acids is 1. The monoisotopic (exact) mass is 455 g/mol. The standard InChI is InChI=1S/C21H17F3N8O/c1-12-3-6-18(25-10-12)14-7-15(19(33)26-11-16-5-4-13(2)27-28-16)9-17(8-14)32-20(21(22,23)24)29-30-31-32/h3-10H,11H2,1-2H3,(H,26,33)/p+1. The predicted molar refractivity (Wildman–Crippen MR) is 109 cm³/mol. The van der Waals surface area contributed by atoms with Crippen LogP contribution >= 0.6 is 0 Å². The van der Waals surface area contributed by atoms with E-state index in [4.69, 9.17) is 0 Å². The van der Waals surface area contributed by atoms with E-state index in [1.165, 1.54) is 12.1 Å². The number of nitrogens with zero attached hydrogens (tertiary/aromatic N) is 6. The summed E-state index contributed by atoms with van der Waals surface area (Å²) in [5.74, 6) is -1.76. The molecule has 4 rings (SSSR count). The molecule has 1 aromatic carbocycles. The molecule has 0 saturated heterocycles. The van der Waals surface area contributed by atoms with E-state index < -0.39 is 17.9 Å². The van der Waals surface area contributed by atoms with Crippen molar-refractivity contribution < 1.29 is 22.6 Å². The summed E-state index contributed by atoms with van der Waals surface area (Å²) in [5, 5.41) is 19.2. The first kappa shape index (κ1) is 22.0. The van der Waals surface area contributed by atoms with Crippen molar-refractivity contribution in [2.45, 2.75) is 26.6 Å². The van der Waals surface area contributed by atoms with Crippen molar-refractivity contribution in [3.05, 3.63) is 77.0 Å². The van der Waals surface area contributed by atoms with Gasteiger partial charge in [-0.25, -0.2) is 0 Å². The Morgan fingerprint density at radius 3 is 2.55 bits per heavy atom. The molecule has 0 aliphatic heterocycles. The average molecular weight is 455 g/mol. The minimum absolute atomic E-state index is 0.0208. The van der Waals surface area contributed by atoms with Crippen LogP contribution in [0.15, 0.2) is 48.7 Å². The first-order valence-electron chi connectivity index (χ1n) is 9.77. The highest BCUT2D eigenvalue weighted by atomic mass is 19.4. The number of nitrogens with one attached hydrogen (secondary N) is 2. The van der Waals surface area contributed by atoms with Crippen LogP contribution in [0.3, 0.4) is 0 Å². The second-order valence-electron chi connectivity index (χ2n) is 7.29. The lowest BCUT2D eigenvalue weighted by Gasteiger charge is -2.10. The van der Waals surface area contributed by atoms with Crippen molar-refractivity contribution in [3.8, 4) is 16.9 Å². The zero-order valence-corrected chi connectivity index (χ0v) is 17.6. The average Bonchev–Trinajstić information content (AvgIpc) is 3.29. The molecule has 1 amide bonds. The van der Waals surface area contributed by atoms with Crippen LogP contribution in [-0.4, -0.2) is 36.6 Å². The quantitative estimate of drug-likeness (QED) is 0.447. The molecule has 3 heterocycles. The third-order valence-electron chi connectivity index (χ3n) is 4.68. The van der Waals surface area contributed by atoms with Gasteiger partial charge in [0.15, 0.2) is 5.21 Å². The first-order chi connectivity index (χ1) is 15.7. The smallest absolute Gasteiger partial charge is 0.346 e. The van der Waals surface area contributed by atoms with Crippen molar-refractivity contribution in [1.82, 2.24) is 36.0 Å². The SMILES string of the molecule is Cc1ccc(-c2cc(C(=O)NCc3ccc(C)nn3)cc(-[n+]3[nH]nnc3C(F)(F)F)c2)nc1. The van der Waals surface area contributed by atoms with Crippen LogP contribution in [0.1, 0.15) is 33.1 Å². The summed E-state index contributed by atoms with van der Waals surface area (Å²) in [4.78, 5) is 17.2. The fourth-order valence-electron chi connectivity index (χ4n) is 3.02. The molecule has 3 aromatic heterocycles. The highest BCUT2D eigenvalue weighted by Gasteiger charge is 2.45. The highest BCUT2D eigenvalue weighted by molar-refractivity contribution is 5.95. The highest BCUT2D eigenvalue weighted by Crippen LogP contribution is 2.26. The third-order valence-corrected chi connectivity index (χ3v) is 4.68. The largest absolute Gasteiger partial charge is 0.488 e. The maximum absolute atomic E-state index is 13.4.